The third-order valence-corrected chi connectivity index (χ3v) is 4.00. The molecule has 2 amide bonds. The largest absolute Gasteiger partial charge is 0.465 e. The predicted molar refractivity (Wildman–Crippen MR) is 120 cm³/mol. The number of ether oxygens (including phenoxy) is 4. The van der Waals surface area contributed by atoms with Crippen molar-refractivity contribution in [1.82, 2.24) is 4.90 Å². The number of carbonyl (C=O) groups is 4. The topological polar surface area (TPSA) is 108 Å². The first-order valence-electron chi connectivity index (χ1n) is 10.8. The van der Waals surface area contributed by atoms with Crippen LogP contribution in [0.2, 0.25) is 0 Å². The number of hydrogen-bond acceptors (Lipinski definition) is 8. The predicted octanol–water partition coefficient (Wildman–Crippen LogP) is 4.64. The van der Waals surface area contributed by atoms with Crippen molar-refractivity contribution in [2.75, 3.05) is 13.2 Å². The summed E-state index contributed by atoms with van der Waals surface area (Å²) in [6, 6.07) is 6.75. The van der Waals surface area contributed by atoms with Gasteiger partial charge in [0.1, 0.15) is 11.2 Å². The highest BCUT2D eigenvalue weighted by atomic mass is 16.6. The first kappa shape index (κ1) is 27.9. The second-order valence-electron chi connectivity index (χ2n) is 9.17. The van der Waals surface area contributed by atoms with Gasteiger partial charge in [0, 0.05) is 0 Å². The van der Waals surface area contributed by atoms with E-state index in [1.54, 1.807) is 85.7 Å². The Kier molecular flexibility index (Phi) is 9.88. The Morgan fingerprint density at radius 3 is 1.48 bits per heavy atom. The molecule has 0 aliphatic heterocycles. The summed E-state index contributed by atoms with van der Waals surface area (Å²) in [5.41, 5.74) is -1.62. The summed E-state index contributed by atoms with van der Waals surface area (Å²) in [5.74, 6) is -3.55. The van der Waals surface area contributed by atoms with E-state index in [2.05, 4.69) is 0 Å². The molecule has 0 aliphatic rings. The molecule has 0 saturated heterocycles. The maximum atomic E-state index is 13.3. The molecule has 1 atom stereocenters. The van der Waals surface area contributed by atoms with Crippen molar-refractivity contribution in [3.8, 4) is 0 Å². The lowest BCUT2D eigenvalue weighted by Gasteiger charge is -2.35. The van der Waals surface area contributed by atoms with E-state index >= 15 is 0 Å². The van der Waals surface area contributed by atoms with Gasteiger partial charge < -0.3 is 18.9 Å². The van der Waals surface area contributed by atoms with Gasteiger partial charge >= 0.3 is 24.1 Å². The van der Waals surface area contributed by atoms with E-state index in [9.17, 15) is 19.2 Å². The van der Waals surface area contributed by atoms with Crippen LogP contribution in [0.25, 0.3) is 0 Å². The lowest BCUT2D eigenvalue weighted by Crippen LogP contribution is -2.50. The minimum absolute atomic E-state index is 0.0187. The Balaban J connectivity index is 3.77. The Hall–Kier alpha value is -3.10. The molecule has 1 rings (SSSR count). The van der Waals surface area contributed by atoms with Gasteiger partial charge in [-0.3, -0.25) is 9.59 Å². The number of esters is 2. The van der Waals surface area contributed by atoms with Crippen LogP contribution in [-0.2, 0) is 28.5 Å². The highest BCUT2D eigenvalue weighted by molar-refractivity contribution is 5.98. The van der Waals surface area contributed by atoms with Gasteiger partial charge in [-0.15, -0.1) is 0 Å². The molecule has 0 saturated carbocycles. The van der Waals surface area contributed by atoms with Crippen molar-refractivity contribution in [3.05, 3.63) is 35.9 Å². The Bertz CT molecular complexity index is 777. The molecule has 1 aromatic carbocycles. The van der Waals surface area contributed by atoms with Crippen molar-refractivity contribution in [1.29, 1.82) is 0 Å². The first-order chi connectivity index (χ1) is 15.2. The highest BCUT2D eigenvalue weighted by Crippen LogP contribution is 2.34. The molecule has 0 N–H and O–H groups in total. The van der Waals surface area contributed by atoms with Crippen LogP contribution in [0.3, 0.4) is 0 Å². The van der Waals surface area contributed by atoms with Crippen molar-refractivity contribution in [3.63, 3.8) is 0 Å². The summed E-state index contributed by atoms with van der Waals surface area (Å²) in [6.45, 7) is 12.9. The smallest absolute Gasteiger partial charge is 0.420 e. The molecule has 0 heterocycles. The average Bonchev–Trinajstić information content (AvgIpc) is 2.65. The van der Waals surface area contributed by atoms with E-state index < -0.39 is 47.3 Å². The molecular formula is C24H35NO8. The monoisotopic (exact) mass is 465 g/mol. The molecule has 1 unspecified atom stereocenters. The minimum atomic E-state index is -1.66. The zero-order valence-electron chi connectivity index (χ0n) is 20.7. The normalized spacial score (nSPS) is 12.5. The van der Waals surface area contributed by atoms with E-state index in [1.807, 2.05) is 0 Å². The van der Waals surface area contributed by atoms with Crippen LogP contribution in [0.4, 0.5) is 9.59 Å². The van der Waals surface area contributed by atoms with Crippen LogP contribution in [0.15, 0.2) is 30.3 Å². The number of hydrogen-bond donors (Lipinski definition) is 0. The van der Waals surface area contributed by atoms with Crippen molar-refractivity contribution in [2.24, 2.45) is 5.92 Å². The highest BCUT2D eigenvalue weighted by Gasteiger charge is 2.48. The summed E-state index contributed by atoms with van der Waals surface area (Å²) in [5, 5.41) is 0. The Labute approximate surface area is 195 Å². The van der Waals surface area contributed by atoms with Gasteiger partial charge in [-0.1, -0.05) is 30.3 Å². The number of amides is 2. The third kappa shape index (κ3) is 8.75. The van der Waals surface area contributed by atoms with Crippen molar-refractivity contribution in [2.45, 2.75) is 72.6 Å². The average molecular weight is 466 g/mol. The molecule has 184 valence electrons. The van der Waals surface area contributed by atoms with Crippen molar-refractivity contribution >= 4 is 24.1 Å². The number of imide groups is 1. The minimum Gasteiger partial charge on any atom is -0.465 e. The molecule has 0 aromatic heterocycles. The summed E-state index contributed by atoms with van der Waals surface area (Å²) in [6.07, 6.45) is -2.16. The molecule has 0 spiro atoms. The lowest BCUT2D eigenvalue weighted by molar-refractivity contribution is -0.164. The molecule has 0 radical (unpaired) electrons. The Morgan fingerprint density at radius 2 is 1.15 bits per heavy atom. The molecule has 0 bridgehead atoms. The van der Waals surface area contributed by atoms with Gasteiger partial charge in [0.05, 0.1) is 19.3 Å². The molecule has 33 heavy (non-hydrogen) atoms. The summed E-state index contributed by atoms with van der Waals surface area (Å²) >= 11 is 0. The van der Waals surface area contributed by atoms with Gasteiger partial charge in [-0.05, 0) is 61.0 Å². The second kappa shape index (κ2) is 11.7. The maximum absolute atomic E-state index is 13.3. The molecule has 1 aromatic rings. The maximum Gasteiger partial charge on any atom is 0.420 e. The zero-order chi connectivity index (χ0) is 25.4. The number of carbonyl (C=O) groups excluding carboxylic acids is 4. The van der Waals surface area contributed by atoms with Gasteiger partial charge in [-0.25, -0.2) is 14.5 Å². The standard InChI is InChI=1S/C24H35NO8/c1-9-30-19(26)17(20(27)31-10-2)18(16-14-12-11-13-15-16)25(21(28)32-23(3,4)5)22(29)33-24(6,7)8/h11-15,17-18H,9-10H2,1-8H3. The van der Waals surface area contributed by atoms with Crippen LogP contribution >= 0.6 is 0 Å². The lowest BCUT2D eigenvalue weighted by atomic mass is 9.91. The fourth-order valence-corrected chi connectivity index (χ4v) is 2.88. The fraction of sp³-hybridized carbons (Fsp3) is 0.583. The van der Waals surface area contributed by atoms with Crippen LogP contribution in [0, 0.1) is 5.92 Å². The molecular weight excluding hydrogens is 430 g/mol. The fourth-order valence-electron chi connectivity index (χ4n) is 2.88. The van der Waals surface area contributed by atoms with E-state index in [0.29, 0.717) is 10.5 Å². The number of rotatable bonds is 7. The molecule has 0 aliphatic carbocycles. The molecule has 9 nitrogen and oxygen atoms in total. The number of nitrogens with zero attached hydrogens (tertiary/aromatic N) is 1. The number of benzene rings is 1. The third-order valence-electron chi connectivity index (χ3n) is 4.00. The van der Waals surface area contributed by atoms with Crippen molar-refractivity contribution < 1.29 is 38.1 Å². The van der Waals surface area contributed by atoms with Gasteiger partial charge in [-0.2, -0.15) is 0 Å². The SMILES string of the molecule is CCOC(=O)C(C(=O)OCC)C(c1ccccc1)N(C(=O)OC(C)(C)C)C(=O)OC(C)(C)C. The first-order valence-corrected chi connectivity index (χ1v) is 10.8. The van der Waals surface area contributed by atoms with Gasteiger partial charge in [0.15, 0.2) is 5.92 Å². The zero-order valence-corrected chi connectivity index (χ0v) is 20.7. The van der Waals surface area contributed by atoms with Crippen LogP contribution in [0.1, 0.15) is 67.0 Å². The van der Waals surface area contributed by atoms with Crippen LogP contribution in [-0.4, -0.2) is 53.4 Å². The summed E-state index contributed by atoms with van der Waals surface area (Å²) < 4.78 is 21.1. The molecule has 9 heteroatoms. The molecule has 0 fully saturated rings. The van der Waals surface area contributed by atoms with E-state index in [-0.39, 0.29) is 13.2 Å². The van der Waals surface area contributed by atoms with E-state index in [1.165, 1.54) is 0 Å². The van der Waals surface area contributed by atoms with Crippen LogP contribution in [0.5, 0.6) is 0 Å². The van der Waals surface area contributed by atoms with Crippen LogP contribution < -0.4 is 0 Å². The van der Waals surface area contributed by atoms with Gasteiger partial charge in [0.2, 0.25) is 0 Å². The van der Waals surface area contributed by atoms with E-state index in [4.69, 9.17) is 18.9 Å². The quantitative estimate of drug-likeness (QED) is 0.325. The second-order valence-corrected chi connectivity index (χ2v) is 9.17. The summed E-state index contributed by atoms with van der Waals surface area (Å²) in [7, 11) is 0. The Morgan fingerprint density at radius 1 is 0.758 bits per heavy atom. The van der Waals surface area contributed by atoms with E-state index in [0.717, 1.165) is 0 Å². The summed E-state index contributed by atoms with van der Waals surface area (Å²) in [4.78, 5) is 53.1. The van der Waals surface area contributed by atoms with Gasteiger partial charge in [0.25, 0.3) is 0 Å².